The summed E-state index contributed by atoms with van der Waals surface area (Å²) in [5.74, 6) is -3.67. The van der Waals surface area contributed by atoms with E-state index in [0.717, 1.165) is 19.3 Å². The van der Waals surface area contributed by atoms with E-state index in [-0.39, 0.29) is 34.4 Å². The molecule has 0 spiro atoms. The van der Waals surface area contributed by atoms with Gasteiger partial charge in [0, 0.05) is 48.6 Å². The van der Waals surface area contributed by atoms with Crippen LogP contribution in [0.1, 0.15) is 88.1 Å². The number of carbonyl (C=O) groups excluding carboxylic acids is 3. The molecule has 6 rings (SSSR count). The molecule has 1 unspecified atom stereocenters. The van der Waals surface area contributed by atoms with Crippen LogP contribution in [-0.2, 0) is 30.2 Å². The number of aromatic hydroxyl groups is 2. The molecular formula is C32H37NO12. The number of nitrogens with two attached hydrogens (primary N) is 1. The predicted molar refractivity (Wildman–Crippen MR) is 154 cm³/mol. The van der Waals surface area contributed by atoms with Crippen molar-refractivity contribution in [2.75, 3.05) is 20.3 Å². The number of methoxy groups -OCH3 is 1. The first kappa shape index (κ1) is 31.5. The fourth-order valence-corrected chi connectivity index (χ4v) is 6.95. The number of aliphatic hydroxyl groups excluding tert-OH is 1. The first-order valence-electron chi connectivity index (χ1n) is 15.1. The summed E-state index contributed by atoms with van der Waals surface area (Å²) in [6.07, 6.45) is -2.03. The second-order valence-electron chi connectivity index (χ2n) is 12.1. The maximum Gasteiger partial charge on any atom is 0.202 e. The molecule has 2 aliphatic carbocycles. The van der Waals surface area contributed by atoms with E-state index in [1.165, 1.54) is 25.3 Å². The van der Waals surface area contributed by atoms with Gasteiger partial charge in [-0.3, -0.25) is 14.4 Å². The van der Waals surface area contributed by atoms with E-state index in [0.29, 0.717) is 6.61 Å². The zero-order valence-electron chi connectivity index (χ0n) is 25.0. The Morgan fingerprint density at radius 1 is 1.07 bits per heavy atom. The van der Waals surface area contributed by atoms with Crippen molar-refractivity contribution in [2.45, 2.75) is 88.0 Å². The number of ether oxygens (including phenoxy) is 5. The summed E-state index contributed by atoms with van der Waals surface area (Å²) in [7, 11) is 1.34. The van der Waals surface area contributed by atoms with Crippen molar-refractivity contribution in [1.82, 2.24) is 0 Å². The fraction of sp³-hybridized carbons (Fsp3) is 0.531. The molecule has 0 amide bonds. The van der Waals surface area contributed by atoms with Gasteiger partial charge in [-0.1, -0.05) is 12.1 Å². The van der Waals surface area contributed by atoms with Crippen molar-refractivity contribution in [3.8, 4) is 17.2 Å². The number of Topliss-reactive ketones (excluding diaryl/α,β-unsaturated/α-hetero) is 1. The quantitative estimate of drug-likeness (QED) is 0.236. The Morgan fingerprint density at radius 3 is 2.49 bits per heavy atom. The van der Waals surface area contributed by atoms with Crippen LogP contribution in [0, 0.1) is 0 Å². The molecule has 0 saturated carbocycles. The average Bonchev–Trinajstić information content (AvgIpc) is 3.02. The van der Waals surface area contributed by atoms with Gasteiger partial charge in [-0.05, 0) is 32.3 Å². The van der Waals surface area contributed by atoms with Crippen molar-refractivity contribution in [1.29, 1.82) is 0 Å². The van der Waals surface area contributed by atoms with Crippen LogP contribution in [0.15, 0.2) is 18.2 Å². The van der Waals surface area contributed by atoms with Gasteiger partial charge >= 0.3 is 0 Å². The molecule has 45 heavy (non-hydrogen) atoms. The Bertz CT molecular complexity index is 1520. The summed E-state index contributed by atoms with van der Waals surface area (Å²) in [4.78, 5) is 40.2. The van der Waals surface area contributed by atoms with Crippen molar-refractivity contribution in [3.05, 3.63) is 51.6 Å². The van der Waals surface area contributed by atoms with Gasteiger partial charge in [0.1, 0.15) is 35.6 Å². The first-order chi connectivity index (χ1) is 21.5. The largest absolute Gasteiger partial charge is 0.507 e. The minimum atomic E-state index is -2.24. The first-order valence-corrected chi connectivity index (χ1v) is 15.1. The summed E-state index contributed by atoms with van der Waals surface area (Å²) in [6.45, 7) is 1.35. The van der Waals surface area contributed by atoms with E-state index in [2.05, 4.69) is 0 Å². The highest BCUT2D eigenvalue weighted by Crippen LogP contribution is 2.52. The Labute approximate surface area is 258 Å². The van der Waals surface area contributed by atoms with E-state index < -0.39 is 102 Å². The van der Waals surface area contributed by atoms with E-state index in [1.807, 2.05) is 0 Å². The number of ketones is 3. The van der Waals surface area contributed by atoms with E-state index in [4.69, 9.17) is 29.4 Å². The number of phenolic OH excluding ortho intramolecular Hbond substituents is 2. The number of hydrogen-bond acceptors (Lipinski definition) is 13. The second-order valence-corrected chi connectivity index (χ2v) is 12.1. The lowest BCUT2D eigenvalue weighted by Gasteiger charge is -2.43. The van der Waals surface area contributed by atoms with Gasteiger partial charge in [-0.15, -0.1) is 0 Å². The SMILES string of the molecule is COc1cccc2c1C(=O)c1c(O)c3c(c(O)c1C2=O)C[C@@](O)(C(=O)CO)C[C@@H]3O[C@H]1C[C@H](N)[C@@H](OC2CCCCO2)[C@H](C)O1. The summed E-state index contributed by atoms with van der Waals surface area (Å²) in [5.41, 5.74) is 2.98. The number of benzene rings is 2. The Morgan fingerprint density at radius 2 is 1.82 bits per heavy atom. The van der Waals surface area contributed by atoms with Crippen molar-refractivity contribution >= 4 is 17.3 Å². The maximum atomic E-state index is 13.8. The third kappa shape index (κ3) is 5.31. The fourth-order valence-electron chi connectivity index (χ4n) is 6.95. The van der Waals surface area contributed by atoms with Crippen LogP contribution in [-0.4, -0.2) is 94.5 Å². The molecule has 242 valence electrons. The zero-order chi connectivity index (χ0) is 32.2. The van der Waals surface area contributed by atoms with Crippen LogP contribution >= 0.6 is 0 Å². The lowest BCUT2D eigenvalue weighted by molar-refractivity contribution is -0.281. The van der Waals surface area contributed by atoms with Crippen LogP contribution in [0.4, 0.5) is 0 Å². The molecule has 2 saturated heterocycles. The molecule has 7 atom stereocenters. The smallest absolute Gasteiger partial charge is 0.202 e. The average molecular weight is 628 g/mol. The normalized spacial score (nSPS) is 31.1. The van der Waals surface area contributed by atoms with Gasteiger partial charge in [0.15, 0.2) is 24.1 Å². The molecule has 13 heteroatoms. The van der Waals surface area contributed by atoms with Gasteiger partial charge in [0.2, 0.25) is 5.78 Å². The van der Waals surface area contributed by atoms with Crippen LogP contribution in [0.25, 0.3) is 0 Å². The molecule has 0 aromatic heterocycles. The minimum absolute atomic E-state index is 0.0409. The molecular weight excluding hydrogens is 590 g/mol. The number of fused-ring (bicyclic) bond motifs is 3. The van der Waals surface area contributed by atoms with Crippen molar-refractivity contribution in [3.63, 3.8) is 0 Å². The summed E-state index contributed by atoms with van der Waals surface area (Å²) in [5, 5.41) is 44.2. The third-order valence-corrected chi connectivity index (χ3v) is 9.22. The Balaban J connectivity index is 1.38. The molecule has 0 radical (unpaired) electrons. The second kappa shape index (κ2) is 12.1. The molecule has 2 aromatic rings. The van der Waals surface area contributed by atoms with Gasteiger partial charge in [0.05, 0.1) is 36.0 Å². The van der Waals surface area contributed by atoms with Crippen molar-refractivity contribution < 1.29 is 58.5 Å². The number of carbonyl (C=O) groups is 3. The minimum Gasteiger partial charge on any atom is -0.507 e. The van der Waals surface area contributed by atoms with Crippen LogP contribution < -0.4 is 10.5 Å². The predicted octanol–water partition coefficient (Wildman–Crippen LogP) is 1.55. The van der Waals surface area contributed by atoms with Crippen LogP contribution in [0.5, 0.6) is 17.2 Å². The highest BCUT2D eigenvalue weighted by Gasteiger charge is 2.50. The van der Waals surface area contributed by atoms with Crippen molar-refractivity contribution in [2.24, 2.45) is 5.73 Å². The molecule has 2 heterocycles. The van der Waals surface area contributed by atoms with Gasteiger partial charge in [-0.25, -0.2) is 0 Å². The monoisotopic (exact) mass is 627 g/mol. The maximum absolute atomic E-state index is 13.8. The molecule has 2 aromatic carbocycles. The summed E-state index contributed by atoms with van der Waals surface area (Å²) >= 11 is 0. The van der Waals surface area contributed by atoms with Gasteiger partial charge in [0.25, 0.3) is 0 Å². The topological polar surface area (TPSA) is 204 Å². The molecule has 13 nitrogen and oxygen atoms in total. The zero-order valence-corrected chi connectivity index (χ0v) is 25.0. The number of rotatable bonds is 7. The lowest BCUT2D eigenvalue weighted by atomic mass is 9.72. The van der Waals surface area contributed by atoms with Crippen LogP contribution in [0.3, 0.4) is 0 Å². The summed E-state index contributed by atoms with van der Waals surface area (Å²) < 4.78 is 29.5. The lowest BCUT2D eigenvalue weighted by Crippen LogP contribution is -2.55. The third-order valence-electron chi connectivity index (χ3n) is 9.22. The van der Waals surface area contributed by atoms with Gasteiger partial charge < -0.3 is 49.8 Å². The number of phenols is 2. The standard InChI is InChI=1S/C32H37NO12/c1-14-31(45-21-8-3-4-9-42-21)17(33)10-22(43-14)44-19-12-32(40,20(35)13-34)11-16-24(19)30(39)26-25(28(16)37)27(36)15-6-5-7-18(41-2)23(15)29(26)38/h5-7,14,17,19,21-22,31,34,37,39-40H,3-4,8-13,33H2,1-2H3/t14-,17-,19-,21?,22-,31-,32-/m0/s1. The molecule has 6 N–H and O–H groups in total. The molecule has 4 aliphatic rings. The highest BCUT2D eigenvalue weighted by molar-refractivity contribution is 6.31. The summed E-state index contributed by atoms with van der Waals surface area (Å²) in [6, 6.07) is 3.86. The molecule has 2 fully saturated rings. The molecule has 2 aliphatic heterocycles. The molecule has 0 bridgehead atoms. The van der Waals surface area contributed by atoms with Gasteiger partial charge in [-0.2, -0.15) is 0 Å². The Hall–Kier alpha value is -3.43. The Kier molecular flexibility index (Phi) is 8.46. The number of hydrogen-bond donors (Lipinski definition) is 5. The van der Waals surface area contributed by atoms with Crippen LogP contribution in [0.2, 0.25) is 0 Å². The van der Waals surface area contributed by atoms with E-state index in [1.54, 1.807) is 6.92 Å². The highest BCUT2D eigenvalue weighted by atomic mass is 16.7. The number of aliphatic hydroxyl groups is 2. The van der Waals surface area contributed by atoms with E-state index in [9.17, 15) is 34.8 Å². The van der Waals surface area contributed by atoms with E-state index >= 15 is 0 Å².